The largest absolute Gasteiger partial charge is 0.493 e. The Morgan fingerprint density at radius 1 is 0.880 bits per heavy atom. The number of fused-ring (bicyclic) bond motifs is 3. The molecule has 3 aromatic carbocycles. The minimum Gasteiger partial charge on any atom is -0.493 e. The number of amides is 4. The summed E-state index contributed by atoms with van der Waals surface area (Å²) in [5, 5.41) is 8.73. The molecule has 2 heterocycles. The Morgan fingerprint density at radius 3 is 2.36 bits per heavy atom. The van der Waals surface area contributed by atoms with Gasteiger partial charge in [0.15, 0.2) is 11.5 Å². The standard InChI is InChI=1S/C38H46N4O8/c1-47-33-18-16-26(24-34(33)48-2)10-7-20-40-38(46)30-17-19-35(43)42-22-8-11-27(42)25-50-32-15-6-3-12-28(32)36(44)39-21-9-23-49-31-14-5-4-13-29(31)37(45)41-30/h3-6,12-16,18,24,27,30H,7-11,17,19-23,25H2,1-2H3,(H,39,44)(H,40,46)(H,41,45)/t27-,30-/m0/s1. The third-order valence-electron chi connectivity index (χ3n) is 8.91. The summed E-state index contributed by atoms with van der Waals surface area (Å²) in [4.78, 5) is 55.5. The van der Waals surface area contributed by atoms with Gasteiger partial charge in [0, 0.05) is 26.1 Å². The van der Waals surface area contributed by atoms with Crippen molar-refractivity contribution in [1.29, 1.82) is 0 Å². The monoisotopic (exact) mass is 686 g/mol. The number of aryl methyl sites for hydroxylation is 1. The second-order valence-electron chi connectivity index (χ2n) is 12.3. The number of nitrogens with one attached hydrogen (secondary N) is 3. The molecule has 4 amide bonds. The van der Waals surface area contributed by atoms with Crippen LogP contribution < -0.4 is 34.9 Å². The zero-order valence-electron chi connectivity index (χ0n) is 28.7. The number of nitrogens with zero attached hydrogens (tertiary/aromatic N) is 1. The van der Waals surface area contributed by atoms with Crippen LogP contribution >= 0.6 is 0 Å². The molecule has 0 spiro atoms. The van der Waals surface area contributed by atoms with E-state index in [0.29, 0.717) is 67.5 Å². The summed E-state index contributed by atoms with van der Waals surface area (Å²) in [6.45, 7) is 1.77. The van der Waals surface area contributed by atoms with Crippen LogP contribution in [0.5, 0.6) is 23.0 Å². The average molecular weight is 687 g/mol. The van der Waals surface area contributed by atoms with Crippen LogP contribution in [-0.2, 0) is 16.0 Å². The highest BCUT2D eigenvalue weighted by Gasteiger charge is 2.31. The van der Waals surface area contributed by atoms with E-state index < -0.39 is 11.9 Å². The van der Waals surface area contributed by atoms with E-state index in [1.54, 1.807) is 61.6 Å². The molecule has 12 nitrogen and oxygen atoms in total. The van der Waals surface area contributed by atoms with E-state index >= 15 is 0 Å². The molecule has 1 saturated heterocycles. The number of carbonyl (C=O) groups is 4. The van der Waals surface area contributed by atoms with Crippen LogP contribution in [0.15, 0.2) is 66.7 Å². The lowest BCUT2D eigenvalue weighted by Crippen LogP contribution is -2.48. The maximum Gasteiger partial charge on any atom is 0.255 e. The smallest absolute Gasteiger partial charge is 0.255 e. The number of ether oxygens (including phenoxy) is 4. The molecule has 2 atom stereocenters. The molecule has 0 saturated carbocycles. The van der Waals surface area contributed by atoms with Gasteiger partial charge in [0.05, 0.1) is 38.0 Å². The van der Waals surface area contributed by atoms with Crippen molar-refractivity contribution in [2.24, 2.45) is 0 Å². The van der Waals surface area contributed by atoms with E-state index in [9.17, 15) is 19.2 Å². The molecule has 2 aliphatic heterocycles. The minimum absolute atomic E-state index is 0.0532. The van der Waals surface area contributed by atoms with Gasteiger partial charge < -0.3 is 39.8 Å². The predicted octanol–water partition coefficient (Wildman–Crippen LogP) is 3.91. The number of carbonyl (C=O) groups excluding carboxylic acids is 4. The summed E-state index contributed by atoms with van der Waals surface area (Å²) in [6, 6.07) is 18.4. The number of methoxy groups -OCH3 is 2. The molecular formula is C38H46N4O8. The van der Waals surface area contributed by atoms with Gasteiger partial charge in [-0.2, -0.15) is 0 Å². The van der Waals surface area contributed by atoms with Gasteiger partial charge in [0.2, 0.25) is 11.8 Å². The second kappa shape index (κ2) is 17.9. The fraction of sp³-hybridized carbons (Fsp3) is 0.421. The van der Waals surface area contributed by atoms with Crippen molar-refractivity contribution < 1.29 is 38.1 Å². The molecule has 3 aromatic rings. The number of rotatable bonds is 7. The van der Waals surface area contributed by atoms with Gasteiger partial charge >= 0.3 is 0 Å². The van der Waals surface area contributed by atoms with E-state index in [-0.39, 0.29) is 55.4 Å². The Balaban J connectivity index is 1.29. The zero-order chi connectivity index (χ0) is 35.3. The molecule has 0 bridgehead atoms. The molecule has 0 radical (unpaired) electrons. The first kappa shape index (κ1) is 36.0. The topological polar surface area (TPSA) is 145 Å². The lowest BCUT2D eigenvalue weighted by Gasteiger charge is -2.26. The summed E-state index contributed by atoms with van der Waals surface area (Å²) in [5.74, 6) is 0.852. The molecule has 50 heavy (non-hydrogen) atoms. The number of hydrogen-bond donors (Lipinski definition) is 3. The van der Waals surface area contributed by atoms with Crippen molar-refractivity contribution in [3.8, 4) is 23.0 Å². The van der Waals surface area contributed by atoms with Gasteiger partial charge in [-0.15, -0.1) is 0 Å². The second-order valence-corrected chi connectivity index (χ2v) is 12.3. The SMILES string of the molecule is COc1ccc(CCCNC(=O)[C@@H]2CCC(=O)N3CCC[C@H]3COc3ccccc3C(=O)NCCCOc3ccccc3C(=O)N2)cc1OC. The molecule has 3 N–H and O–H groups in total. The molecule has 12 heteroatoms. The molecule has 0 aliphatic carbocycles. The average Bonchev–Trinajstić information content (AvgIpc) is 3.62. The van der Waals surface area contributed by atoms with E-state index in [0.717, 1.165) is 18.4 Å². The molecular weight excluding hydrogens is 640 g/mol. The summed E-state index contributed by atoms with van der Waals surface area (Å²) in [5.41, 5.74) is 1.72. The van der Waals surface area contributed by atoms with Crippen molar-refractivity contribution in [2.45, 2.75) is 57.0 Å². The van der Waals surface area contributed by atoms with E-state index in [2.05, 4.69) is 16.0 Å². The number of benzene rings is 3. The van der Waals surface area contributed by atoms with Crippen molar-refractivity contribution in [1.82, 2.24) is 20.9 Å². The minimum atomic E-state index is -0.953. The Hall–Kier alpha value is -5.26. The van der Waals surface area contributed by atoms with Crippen molar-refractivity contribution >= 4 is 23.6 Å². The van der Waals surface area contributed by atoms with Gasteiger partial charge in [0.1, 0.15) is 24.1 Å². The summed E-state index contributed by atoms with van der Waals surface area (Å²) < 4.78 is 22.8. The van der Waals surface area contributed by atoms with Crippen molar-refractivity contribution in [3.63, 3.8) is 0 Å². The van der Waals surface area contributed by atoms with Crippen LogP contribution in [0.3, 0.4) is 0 Å². The van der Waals surface area contributed by atoms with Gasteiger partial charge in [-0.3, -0.25) is 19.2 Å². The van der Waals surface area contributed by atoms with Crippen LogP contribution in [-0.4, -0.2) is 87.7 Å². The Kier molecular flexibility index (Phi) is 12.9. The molecule has 1 fully saturated rings. The van der Waals surface area contributed by atoms with Crippen LogP contribution in [0.4, 0.5) is 0 Å². The summed E-state index contributed by atoms with van der Waals surface area (Å²) >= 11 is 0. The first-order chi connectivity index (χ1) is 24.4. The van der Waals surface area contributed by atoms with Crippen molar-refractivity contribution in [2.75, 3.05) is 47.1 Å². The predicted molar refractivity (Wildman–Crippen MR) is 187 cm³/mol. The maximum atomic E-state index is 13.6. The molecule has 0 unspecified atom stereocenters. The molecule has 5 rings (SSSR count). The van der Waals surface area contributed by atoms with Gasteiger partial charge in [-0.25, -0.2) is 0 Å². The maximum absolute atomic E-state index is 13.6. The Labute approximate surface area is 292 Å². The number of para-hydroxylation sites is 2. The van der Waals surface area contributed by atoms with Gasteiger partial charge in [-0.05, 0) is 80.5 Å². The molecule has 0 aromatic heterocycles. The number of hydrogen-bond acceptors (Lipinski definition) is 8. The zero-order valence-corrected chi connectivity index (χ0v) is 28.7. The first-order valence-corrected chi connectivity index (χ1v) is 17.2. The van der Waals surface area contributed by atoms with E-state index in [1.807, 2.05) is 24.3 Å². The third kappa shape index (κ3) is 9.46. The summed E-state index contributed by atoms with van der Waals surface area (Å²) in [7, 11) is 3.17. The molecule has 266 valence electrons. The fourth-order valence-electron chi connectivity index (χ4n) is 6.21. The third-order valence-corrected chi connectivity index (χ3v) is 8.91. The first-order valence-electron chi connectivity index (χ1n) is 17.2. The van der Waals surface area contributed by atoms with Gasteiger partial charge in [-0.1, -0.05) is 30.3 Å². The Morgan fingerprint density at radius 2 is 1.60 bits per heavy atom. The van der Waals surface area contributed by atoms with E-state index in [4.69, 9.17) is 18.9 Å². The normalized spacial score (nSPS) is 18.9. The van der Waals surface area contributed by atoms with Crippen molar-refractivity contribution in [3.05, 3.63) is 83.4 Å². The van der Waals surface area contributed by atoms with Crippen LogP contribution in [0.2, 0.25) is 0 Å². The molecule has 2 aliphatic rings. The van der Waals surface area contributed by atoms with E-state index in [1.165, 1.54) is 0 Å². The highest BCUT2D eigenvalue weighted by molar-refractivity contribution is 6.00. The highest BCUT2D eigenvalue weighted by atomic mass is 16.5. The quantitative estimate of drug-likeness (QED) is 0.318. The lowest BCUT2D eigenvalue weighted by molar-refractivity contribution is -0.133. The van der Waals surface area contributed by atoms with Crippen LogP contribution in [0.25, 0.3) is 0 Å². The fourth-order valence-corrected chi connectivity index (χ4v) is 6.21. The lowest BCUT2D eigenvalue weighted by atomic mass is 10.1. The van der Waals surface area contributed by atoms with Gasteiger partial charge in [0.25, 0.3) is 11.8 Å². The van der Waals surface area contributed by atoms with Crippen LogP contribution in [0.1, 0.15) is 64.8 Å². The highest BCUT2D eigenvalue weighted by Crippen LogP contribution is 2.28. The Bertz CT molecular complexity index is 1650. The summed E-state index contributed by atoms with van der Waals surface area (Å²) in [6.07, 6.45) is 3.58. The van der Waals surface area contributed by atoms with Crippen LogP contribution in [0, 0.1) is 0 Å².